The largest absolute Gasteiger partial charge is 0.481 e. The zero-order valence-corrected chi connectivity index (χ0v) is 27.0. The number of esters is 1. The molecule has 5 aliphatic rings. The maximum Gasteiger partial charge on any atom is 0.337 e. The van der Waals surface area contributed by atoms with Gasteiger partial charge >= 0.3 is 11.9 Å². The molecule has 5 aliphatic carbocycles. The van der Waals surface area contributed by atoms with E-state index in [-0.39, 0.29) is 33.5 Å². The van der Waals surface area contributed by atoms with Crippen LogP contribution in [0, 0.1) is 56.7 Å². The second kappa shape index (κ2) is 9.57. The quantitative estimate of drug-likeness (QED) is 0.289. The minimum Gasteiger partial charge on any atom is -0.481 e. The van der Waals surface area contributed by atoms with Gasteiger partial charge in [-0.1, -0.05) is 65.0 Å². The van der Waals surface area contributed by atoms with E-state index in [1.807, 2.05) is 12.1 Å². The Balaban J connectivity index is 1.36. The first kappa shape index (κ1) is 29.7. The predicted molar refractivity (Wildman–Crippen MR) is 168 cm³/mol. The van der Waals surface area contributed by atoms with Gasteiger partial charge in [0.05, 0.1) is 18.1 Å². The standard InChI is InChI=1S/C38H52O4/c1-23(2)26-15-20-38(33(40)41)22-21-36(6)28(31(26)38)13-14-30-35(5)18-16-27(24-9-11-25(12-10-24)32(39)42-8)34(3,4)29(35)17-19-37(30,36)7/h9-12,16,26,28-31H,1,13-15,17-22H2,2-8H3,(H,40,41)/t26-,28?,29-,30+,31+,35-,36+,37+,38-/m0/s1. The van der Waals surface area contributed by atoms with E-state index in [1.54, 1.807) is 0 Å². The second-order valence-electron chi connectivity index (χ2n) is 16.3. The Morgan fingerprint density at radius 2 is 1.57 bits per heavy atom. The van der Waals surface area contributed by atoms with E-state index in [9.17, 15) is 14.7 Å². The number of carboxylic acid groups (broad SMARTS) is 1. The third kappa shape index (κ3) is 3.71. The lowest BCUT2D eigenvalue weighted by Gasteiger charge is -2.72. The summed E-state index contributed by atoms with van der Waals surface area (Å²) in [5, 5.41) is 10.6. The van der Waals surface area contributed by atoms with Gasteiger partial charge in [0, 0.05) is 0 Å². The van der Waals surface area contributed by atoms with Crippen LogP contribution >= 0.6 is 0 Å². The molecule has 1 unspecified atom stereocenters. The van der Waals surface area contributed by atoms with Gasteiger partial charge < -0.3 is 9.84 Å². The van der Waals surface area contributed by atoms with Crippen molar-refractivity contribution in [3.8, 4) is 0 Å². The lowest BCUT2D eigenvalue weighted by molar-refractivity contribution is -0.227. The van der Waals surface area contributed by atoms with E-state index in [0.717, 1.165) is 38.5 Å². The fourth-order valence-corrected chi connectivity index (χ4v) is 12.5. The van der Waals surface area contributed by atoms with E-state index in [4.69, 9.17) is 4.74 Å². The number of carboxylic acids is 1. The summed E-state index contributed by atoms with van der Waals surface area (Å²) < 4.78 is 4.92. The lowest BCUT2D eigenvalue weighted by atomic mass is 9.32. The maximum absolute atomic E-state index is 12.9. The number of allylic oxidation sites excluding steroid dienone is 3. The fraction of sp³-hybridized carbons (Fsp3) is 0.684. The van der Waals surface area contributed by atoms with Gasteiger partial charge in [-0.15, -0.1) is 0 Å². The molecule has 42 heavy (non-hydrogen) atoms. The van der Waals surface area contributed by atoms with Gasteiger partial charge in [0.25, 0.3) is 0 Å². The zero-order valence-electron chi connectivity index (χ0n) is 27.0. The van der Waals surface area contributed by atoms with Crippen LogP contribution < -0.4 is 0 Å². The van der Waals surface area contributed by atoms with E-state index < -0.39 is 11.4 Å². The number of aliphatic carboxylic acids is 1. The second-order valence-corrected chi connectivity index (χ2v) is 16.3. The predicted octanol–water partition coefficient (Wildman–Crippen LogP) is 9.21. The Hall–Kier alpha value is -2.36. The lowest BCUT2D eigenvalue weighted by Crippen LogP contribution is -2.65. The molecule has 0 heterocycles. The van der Waals surface area contributed by atoms with Crippen molar-refractivity contribution < 1.29 is 19.4 Å². The van der Waals surface area contributed by atoms with Crippen LogP contribution in [0.25, 0.3) is 5.57 Å². The van der Waals surface area contributed by atoms with E-state index in [0.29, 0.717) is 29.2 Å². The maximum atomic E-state index is 12.9. The van der Waals surface area contributed by atoms with Crippen molar-refractivity contribution in [1.82, 2.24) is 0 Å². The van der Waals surface area contributed by atoms with Crippen molar-refractivity contribution in [1.29, 1.82) is 0 Å². The van der Waals surface area contributed by atoms with Crippen LogP contribution in [0.1, 0.15) is 115 Å². The molecule has 9 atom stereocenters. The normalized spacial score (nSPS) is 43.6. The molecule has 1 aromatic rings. The summed E-state index contributed by atoms with van der Waals surface area (Å²) in [6, 6.07) is 7.98. The van der Waals surface area contributed by atoms with Crippen LogP contribution in [0.2, 0.25) is 0 Å². The molecule has 6 rings (SSSR count). The Labute approximate surface area is 253 Å². The summed E-state index contributed by atoms with van der Waals surface area (Å²) >= 11 is 0. The van der Waals surface area contributed by atoms with Crippen molar-refractivity contribution in [2.75, 3.05) is 7.11 Å². The average molecular weight is 573 g/mol. The van der Waals surface area contributed by atoms with E-state index >= 15 is 0 Å². The number of hydrogen-bond donors (Lipinski definition) is 1. The highest BCUT2D eigenvalue weighted by Gasteiger charge is 2.71. The highest BCUT2D eigenvalue weighted by atomic mass is 16.5. The molecule has 1 N–H and O–H groups in total. The van der Waals surface area contributed by atoms with Crippen LogP contribution in [0.3, 0.4) is 0 Å². The number of fused-ring (bicyclic) bond motifs is 7. The van der Waals surface area contributed by atoms with Crippen molar-refractivity contribution >= 4 is 17.5 Å². The molecule has 0 spiro atoms. The minimum absolute atomic E-state index is 0.0143. The first-order valence-electron chi connectivity index (χ1n) is 16.5. The summed E-state index contributed by atoms with van der Waals surface area (Å²) in [7, 11) is 1.43. The van der Waals surface area contributed by atoms with Gasteiger partial charge in [-0.25, -0.2) is 4.79 Å². The Kier molecular flexibility index (Phi) is 6.77. The number of benzene rings is 1. The highest BCUT2D eigenvalue weighted by Crippen LogP contribution is 2.77. The van der Waals surface area contributed by atoms with Gasteiger partial charge in [-0.05, 0) is 139 Å². The van der Waals surface area contributed by atoms with E-state index in [1.165, 1.54) is 43.1 Å². The van der Waals surface area contributed by atoms with Gasteiger partial charge in [0.2, 0.25) is 0 Å². The van der Waals surface area contributed by atoms with Crippen LogP contribution in [0.4, 0.5) is 0 Å². The van der Waals surface area contributed by atoms with Crippen molar-refractivity contribution in [3.05, 3.63) is 53.6 Å². The molecule has 228 valence electrons. The Bertz CT molecular complexity index is 1340. The van der Waals surface area contributed by atoms with Gasteiger partial charge in [0.1, 0.15) is 0 Å². The summed E-state index contributed by atoms with van der Waals surface area (Å²) in [5.41, 5.74) is 4.39. The molecule has 4 heteroatoms. The smallest absolute Gasteiger partial charge is 0.337 e. The number of carbonyl (C=O) groups excluding carboxylic acids is 1. The molecule has 0 aromatic heterocycles. The SMILES string of the molecule is C=C(C)[C@@H]1CC[C@]2(C(=O)O)CC[C@]3(C)C(CC[C@@H]4[C@@]5(C)CC=C(c6ccc(C(=O)OC)cc6)C(C)(C)[C@@H]5CC[C@]43C)[C@@H]12. The number of ether oxygens (including phenoxy) is 1. The summed E-state index contributed by atoms with van der Waals surface area (Å²) in [5.74, 6) is 1.35. The number of rotatable bonds is 4. The molecule has 0 saturated heterocycles. The molecular weight excluding hydrogens is 520 g/mol. The molecule has 0 amide bonds. The van der Waals surface area contributed by atoms with Crippen molar-refractivity contribution in [2.45, 2.75) is 99.3 Å². The Morgan fingerprint density at radius 1 is 0.881 bits per heavy atom. The molecule has 0 bridgehead atoms. The van der Waals surface area contributed by atoms with Crippen LogP contribution in [-0.2, 0) is 9.53 Å². The minimum atomic E-state index is -0.564. The molecular formula is C38H52O4. The van der Waals surface area contributed by atoms with Crippen LogP contribution in [-0.4, -0.2) is 24.2 Å². The molecule has 0 aliphatic heterocycles. The monoisotopic (exact) mass is 572 g/mol. The third-order valence-electron chi connectivity index (χ3n) is 14.7. The average Bonchev–Trinajstić information content (AvgIpc) is 3.34. The first-order valence-corrected chi connectivity index (χ1v) is 16.5. The number of hydrogen-bond acceptors (Lipinski definition) is 3. The van der Waals surface area contributed by atoms with Gasteiger partial charge in [0.15, 0.2) is 0 Å². The summed E-state index contributed by atoms with van der Waals surface area (Å²) in [6.07, 6.45) is 12.0. The Morgan fingerprint density at radius 3 is 2.19 bits per heavy atom. The van der Waals surface area contributed by atoms with E-state index in [2.05, 4.69) is 66.3 Å². The van der Waals surface area contributed by atoms with Crippen LogP contribution in [0.15, 0.2) is 42.5 Å². The summed E-state index contributed by atoms with van der Waals surface area (Å²) in [4.78, 5) is 25.0. The van der Waals surface area contributed by atoms with Crippen molar-refractivity contribution in [2.24, 2.45) is 56.7 Å². The number of carbonyl (C=O) groups is 2. The van der Waals surface area contributed by atoms with Gasteiger partial charge in [-0.3, -0.25) is 4.79 Å². The number of methoxy groups -OCH3 is 1. The third-order valence-corrected chi connectivity index (χ3v) is 14.7. The molecule has 1 aromatic carbocycles. The van der Waals surface area contributed by atoms with Gasteiger partial charge in [-0.2, -0.15) is 0 Å². The molecule has 0 radical (unpaired) electrons. The topological polar surface area (TPSA) is 63.6 Å². The first-order chi connectivity index (χ1) is 19.7. The summed E-state index contributed by atoms with van der Waals surface area (Å²) in [6.45, 7) is 19.2. The van der Waals surface area contributed by atoms with Crippen LogP contribution in [0.5, 0.6) is 0 Å². The molecule has 4 nitrogen and oxygen atoms in total. The zero-order chi connectivity index (χ0) is 30.5. The fourth-order valence-electron chi connectivity index (χ4n) is 12.5. The molecule has 4 fully saturated rings. The highest BCUT2D eigenvalue weighted by molar-refractivity contribution is 5.90. The van der Waals surface area contributed by atoms with Crippen molar-refractivity contribution in [3.63, 3.8) is 0 Å². The molecule has 4 saturated carbocycles.